The molecule has 0 N–H and O–H groups in total. The van der Waals surface area contributed by atoms with E-state index in [1.54, 1.807) is 0 Å². The molecule has 0 spiro atoms. The van der Waals surface area contributed by atoms with E-state index in [-0.39, 0.29) is 0 Å². The van der Waals surface area contributed by atoms with Gasteiger partial charge in [0.2, 0.25) is 0 Å². The zero-order chi connectivity index (χ0) is 29.9. The molecule has 0 amide bonds. The minimum atomic E-state index is 0.923. The van der Waals surface area contributed by atoms with Crippen molar-refractivity contribution in [2.75, 3.05) is 0 Å². The van der Waals surface area contributed by atoms with Gasteiger partial charge in [-0.3, -0.25) is 4.99 Å². The fourth-order valence-corrected chi connectivity index (χ4v) is 5.97. The van der Waals surface area contributed by atoms with Crippen LogP contribution in [0.25, 0.3) is 43.9 Å². The predicted molar refractivity (Wildman–Crippen MR) is 188 cm³/mol. The molecule has 6 rings (SSSR count). The zero-order valence-electron chi connectivity index (χ0n) is 25.5. The Morgan fingerprint density at radius 1 is 0.628 bits per heavy atom. The summed E-state index contributed by atoms with van der Waals surface area (Å²) in [5.74, 6) is 0. The minimum absolute atomic E-state index is 0.923. The molecular formula is C42H37N. The highest BCUT2D eigenvalue weighted by Crippen LogP contribution is 2.36. The molecule has 210 valence electrons. The third-order valence-electron chi connectivity index (χ3n) is 8.46. The van der Waals surface area contributed by atoms with Gasteiger partial charge in [-0.05, 0) is 93.8 Å². The Morgan fingerprint density at radius 2 is 1.35 bits per heavy atom. The average molecular weight is 556 g/mol. The number of aryl methyl sites for hydroxylation is 2. The second-order valence-electron chi connectivity index (χ2n) is 11.3. The van der Waals surface area contributed by atoms with Gasteiger partial charge in [0.1, 0.15) is 0 Å². The molecule has 0 fully saturated rings. The van der Waals surface area contributed by atoms with E-state index < -0.39 is 0 Å². The van der Waals surface area contributed by atoms with Gasteiger partial charge >= 0.3 is 0 Å². The normalized spacial score (nSPS) is 12.4. The Balaban J connectivity index is 1.49. The predicted octanol–water partition coefficient (Wildman–Crippen LogP) is 11.5. The first-order valence-corrected chi connectivity index (χ1v) is 15.1. The second-order valence-corrected chi connectivity index (χ2v) is 11.3. The van der Waals surface area contributed by atoms with E-state index in [4.69, 9.17) is 4.99 Å². The number of hydrogen-bond acceptors (Lipinski definition) is 1. The molecule has 6 aromatic rings. The van der Waals surface area contributed by atoms with Crippen molar-refractivity contribution in [2.24, 2.45) is 4.99 Å². The number of nitrogens with zero attached hydrogens (tertiary/aromatic N) is 1. The van der Waals surface area contributed by atoms with E-state index in [0.29, 0.717) is 0 Å². The maximum Gasteiger partial charge on any atom is 0.0740 e. The molecular weight excluding hydrogens is 518 g/mol. The number of benzene rings is 6. The molecule has 0 radical (unpaired) electrons. The third-order valence-corrected chi connectivity index (χ3v) is 8.46. The zero-order valence-corrected chi connectivity index (χ0v) is 25.5. The van der Waals surface area contributed by atoms with Crippen molar-refractivity contribution in [3.63, 3.8) is 0 Å². The molecule has 0 unspecified atom stereocenters. The van der Waals surface area contributed by atoms with E-state index in [2.05, 4.69) is 156 Å². The number of hydrogen-bond donors (Lipinski definition) is 0. The first-order chi connectivity index (χ1) is 20.9. The van der Waals surface area contributed by atoms with Gasteiger partial charge in [0.05, 0.1) is 5.70 Å². The van der Waals surface area contributed by atoms with Gasteiger partial charge in [-0.1, -0.05) is 140 Å². The van der Waals surface area contributed by atoms with Crippen molar-refractivity contribution >= 4 is 38.5 Å². The number of aliphatic imine (C=N–C) groups is 1. The summed E-state index contributed by atoms with van der Waals surface area (Å²) in [4.78, 5) is 5.30. The summed E-state index contributed by atoms with van der Waals surface area (Å²) < 4.78 is 0. The Morgan fingerprint density at radius 3 is 2.14 bits per heavy atom. The molecule has 1 nitrogen and oxygen atoms in total. The number of allylic oxidation sites excluding steroid dienone is 2. The fraction of sp³-hybridized carbons (Fsp3) is 0.119. The van der Waals surface area contributed by atoms with Crippen molar-refractivity contribution in [3.8, 4) is 11.1 Å². The lowest BCUT2D eigenvalue weighted by atomic mass is 9.89. The van der Waals surface area contributed by atoms with Crippen LogP contribution in [-0.2, 0) is 6.42 Å². The standard InChI is InChI=1S/C42H37N/c1-6-32-26-36(35-17-12-13-28(2)25-35)21-23-39(32)29(3)30(4)42(43-31(5)33-14-8-7-9-15-33)38-22-24-41-37(27-38)20-19-34-16-10-11-18-40(34)41/h7-27H,3,6H2,1-2,4-5H3/b42-30-,43-31?. The Bertz CT molecular complexity index is 2040. The van der Waals surface area contributed by atoms with Gasteiger partial charge < -0.3 is 0 Å². The van der Waals surface area contributed by atoms with Gasteiger partial charge in [-0.25, -0.2) is 0 Å². The van der Waals surface area contributed by atoms with E-state index >= 15 is 0 Å². The van der Waals surface area contributed by atoms with Crippen LogP contribution in [0.2, 0.25) is 0 Å². The molecule has 0 heterocycles. The highest BCUT2D eigenvalue weighted by atomic mass is 14.8. The van der Waals surface area contributed by atoms with Crippen LogP contribution in [0.4, 0.5) is 0 Å². The first-order valence-electron chi connectivity index (χ1n) is 15.1. The van der Waals surface area contributed by atoms with Gasteiger partial charge in [0.25, 0.3) is 0 Å². The monoisotopic (exact) mass is 555 g/mol. The summed E-state index contributed by atoms with van der Waals surface area (Å²) in [7, 11) is 0. The van der Waals surface area contributed by atoms with Crippen molar-refractivity contribution in [3.05, 3.63) is 167 Å². The van der Waals surface area contributed by atoms with Crippen LogP contribution in [0.3, 0.4) is 0 Å². The van der Waals surface area contributed by atoms with Crippen LogP contribution in [-0.4, -0.2) is 5.71 Å². The Labute approximate surface area is 255 Å². The summed E-state index contributed by atoms with van der Waals surface area (Å²) in [5, 5.41) is 4.98. The largest absolute Gasteiger partial charge is 0.252 e. The third kappa shape index (κ3) is 5.72. The lowest BCUT2D eigenvalue weighted by Crippen LogP contribution is -2.00. The SMILES string of the molecule is C=C(/C(C)=C(\N=C(C)c1ccccc1)c1ccc2c(ccc3ccccc32)c1)c1ccc(-c2cccc(C)c2)cc1CC. The summed E-state index contributed by atoms with van der Waals surface area (Å²) in [6.07, 6.45) is 0.923. The Kier molecular flexibility index (Phi) is 7.90. The van der Waals surface area contributed by atoms with Crippen LogP contribution < -0.4 is 0 Å². The first kappa shape index (κ1) is 28.1. The quantitative estimate of drug-likeness (QED) is 0.106. The fourth-order valence-electron chi connectivity index (χ4n) is 5.97. The second kappa shape index (κ2) is 12.1. The minimum Gasteiger partial charge on any atom is -0.252 e. The molecule has 0 aliphatic carbocycles. The molecule has 0 aliphatic rings. The van der Waals surface area contributed by atoms with E-state index in [1.165, 1.54) is 49.4 Å². The lowest BCUT2D eigenvalue weighted by molar-refractivity contribution is 1.13. The molecule has 6 aromatic carbocycles. The van der Waals surface area contributed by atoms with Gasteiger partial charge in [-0.2, -0.15) is 0 Å². The summed E-state index contributed by atoms with van der Waals surface area (Å²) >= 11 is 0. The van der Waals surface area contributed by atoms with Crippen molar-refractivity contribution < 1.29 is 0 Å². The van der Waals surface area contributed by atoms with Crippen LogP contribution >= 0.6 is 0 Å². The number of rotatable bonds is 7. The molecule has 1 heteroatoms. The summed E-state index contributed by atoms with van der Waals surface area (Å²) in [6.45, 7) is 13.3. The van der Waals surface area contributed by atoms with Crippen LogP contribution in [0.1, 0.15) is 48.6 Å². The van der Waals surface area contributed by atoms with Crippen LogP contribution in [0.5, 0.6) is 0 Å². The van der Waals surface area contributed by atoms with Crippen LogP contribution in [0.15, 0.2) is 145 Å². The van der Waals surface area contributed by atoms with Gasteiger partial charge in [0.15, 0.2) is 0 Å². The van der Waals surface area contributed by atoms with Crippen molar-refractivity contribution in [2.45, 2.75) is 34.1 Å². The van der Waals surface area contributed by atoms with Crippen molar-refractivity contribution in [1.82, 2.24) is 0 Å². The maximum absolute atomic E-state index is 5.30. The van der Waals surface area contributed by atoms with E-state index in [0.717, 1.165) is 40.1 Å². The molecule has 0 saturated heterocycles. The van der Waals surface area contributed by atoms with Gasteiger partial charge in [0, 0.05) is 11.3 Å². The van der Waals surface area contributed by atoms with Crippen LogP contribution in [0, 0.1) is 6.92 Å². The summed E-state index contributed by atoms with van der Waals surface area (Å²) in [5.41, 5.74) is 12.4. The molecule has 0 saturated carbocycles. The molecule has 0 aromatic heterocycles. The van der Waals surface area contributed by atoms with Crippen molar-refractivity contribution in [1.29, 1.82) is 0 Å². The highest BCUT2D eigenvalue weighted by molar-refractivity contribution is 6.09. The molecule has 43 heavy (non-hydrogen) atoms. The maximum atomic E-state index is 5.30. The topological polar surface area (TPSA) is 12.4 Å². The molecule has 0 aliphatic heterocycles. The lowest BCUT2D eigenvalue weighted by Gasteiger charge is -2.17. The highest BCUT2D eigenvalue weighted by Gasteiger charge is 2.15. The smallest absolute Gasteiger partial charge is 0.0740 e. The van der Waals surface area contributed by atoms with E-state index in [1.807, 2.05) is 6.07 Å². The molecule has 0 atom stereocenters. The summed E-state index contributed by atoms with van der Waals surface area (Å²) in [6, 6.07) is 45.6. The molecule has 0 bridgehead atoms. The number of fused-ring (bicyclic) bond motifs is 3. The Hall–Kier alpha value is -5.01. The van der Waals surface area contributed by atoms with Gasteiger partial charge in [-0.15, -0.1) is 0 Å². The average Bonchev–Trinajstić information content (AvgIpc) is 3.06. The van der Waals surface area contributed by atoms with E-state index in [9.17, 15) is 0 Å².